The molecule has 0 N–H and O–H groups in total. The predicted molar refractivity (Wildman–Crippen MR) is 48.1 cm³/mol. The third kappa shape index (κ3) is 6.80. The average Bonchev–Trinajstić information content (AvgIpc) is 2.24. The van der Waals surface area contributed by atoms with E-state index in [1.165, 1.54) is 0 Å². The minimum Gasteiger partial charge on any atom is -0.780 e. The third-order valence-electron chi connectivity index (χ3n) is 1.47. The van der Waals surface area contributed by atoms with E-state index in [1.807, 2.05) is 0 Å². The zero-order valence-electron chi connectivity index (χ0n) is 8.67. The largest absolute Gasteiger partial charge is 0.780 e. The van der Waals surface area contributed by atoms with Gasteiger partial charge >= 0.3 is 24.7 Å². The van der Waals surface area contributed by atoms with Gasteiger partial charge in [0.1, 0.15) is 19.9 Å². The minimum atomic E-state index is -5.01. The van der Waals surface area contributed by atoms with Crippen LogP contribution in [0.3, 0.4) is 0 Å². The van der Waals surface area contributed by atoms with E-state index in [1.54, 1.807) is 0 Å². The van der Waals surface area contributed by atoms with Crippen molar-refractivity contribution < 1.29 is 49.1 Å². The lowest BCUT2D eigenvalue weighted by atomic mass is 10.4. The fraction of sp³-hybridized carbons (Fsp3) is 1.00. The lowest BCUT2D eigenvalue weighted by molar-refractivity contribution is -0.230. The van der Waals surface area contributed by atoms with Crippen molar-refractivity contribution in [2.45, 2.75) is 24.7 Å². The minimum absolute atomic E-state index is 2.16. The van der Waals surface area contributed by atoms with Crippen molar-refractivity contribution in [2.75, 3.05) is 13.2 Å². The Morgan fingerprint density at radius 3 is 1.37 bits per heavy atom. The number of rotatable bonds is 8. The molecule has 0 aliphatic heterocycles. The third-order valence-corrected chi connectivity index (χ3v) is 2.99. The lowest BCUT2D eigenvalue weighted by Crippen LogP contribution is -2.35. The van der Waals surface area contributed by atoms with Crippen molar-refractivity contribution in [3.8, 4) is 0 Å². The van der Waals surface area contributed by atoms with Crippen LogP contribution < -0.4 is 4.89 Å². The van der Waals surface area contributed by atoms with Gasteiger partial charge in [0.2, 0.25) is 0 Å². The Kier molecular flexibility index (Phi) is 6.60. The smallest absolute Gasteiger partial charge is 0.330 e. The molecule has 116 valence electrons. The molecule has 0 spiro atoms. The molecule has 0 heterocycles. The summed E-state index contributed by atoms with van der Waals surface area (Å²) >= 11 is 3.81. The number of halogens is 8. The van der Waals surface area contributed by atoms with E-state index in [0.717, 1.165) is 0 Å². The van der Waals surface area contributed by atoms with Crippen molar-refractivity contribution in [3.05, 3.63) is 0 Å². The van der Waals surface area contributed by atoms with Crippen LogP contribution in [0.1, 0.15) is 0 Å². The summed E-state index contributed by atoms with van der Waals surface area (Å²) in [6.45, 7) is -9.33. The van der Waals surface area contributed by atoms with Gasteiger partial charge in [-0.3, -0.25) is 0 Å². The van der Waals surface area contributed by atoms with Crippen LogP contribution in [0, 0.1) is 0 Å². The van der Waals surface area contributed by atoms with E-state index < -0.39 is 44.6 Å². The maximum Gasteiger partial charge on any atom is 0.330 e. The van der Waals surface area contributed by atoms with Gasteiger partial charge in [-0.1, -0.05) is 11.8 Å². The zero-order chi connectivity index (χ0) is 15.5. The molecule has 0 aromatic heterocycles. The van der Waals surface area contributed by atoms with Crippen LogP contribution in [0.25, 0.3) is 0 Å². The Balaban J connectivity index is 4.39. The van der Waals surface area contributed by atoms with Crippen molar-refractivity contribution in [1.82, 2.24) is 0 Å². The Labute approximate surface area is 106 Å². The molecule has 0 rings (SSSR count). The summed E-state index contributed by atoms with van der Waals surface area (Å²) in [6, 6.07) is 0. The summed E-state index contributed by atoms with van der Waals surface area (Å²) in [4.78, 5) is 11.0. The van der Waals surface area contributed by atoms with Crippen molar-refractivity contribution in [3.63, 3.8) is 0 Å². The molecule has 0 saturated heterocycles. The molecule has 0 aliphatic carbocycles. The Morgan fingerprint density at radius 1 is 0.895 bits per heavy atom. The van der Waals surface area contributed by atoms with Crippen LogP contribution in [0.4, 0.5) is 35.1 Å². The summed E-state index contributed by atoms with van der Waals surface area (Å²) in [7, 11) is 0. The molecule has 0 amide bonds. The molecule has 0 aromatic carbocycles. The topological polar surface area (TPSA) is 41.5 Å². The number of hydrogen-bond acceptors (Lipinski definition) is 4. The van der Waals surface area contributed by atoms with Gasteiger partial charge in [-0.15, -0.1) is 0 Å². The van der Waals surface area contributed by atoms with Gasteiger partial charge in [0, 0.05) is 0 Å². The van der Waals surface area contributed by atoms with Gasteiger partial charge in [-0.2, -0.15) is 17.6 Å². The first-order chi connectivity index (χ1) is 8.30. The highest BCUT2D eigenvalue weighted by molar-refractivity contribution is 8.06. The Hall–Kier alpha value is -0.0300. The second-order valence-corrected chi connectivity index (χ2v) is 5.87. The van der Waals surface area contributed by atoms with Gasteiger partial charge in [-0.05, 0) is 0 Å². The summed E-state index contributed by atoms with van der Waals surface area (Å²) in [5.41, 5.74) is 0. The van der Waals surface area contributed by atoms with Crippen LogP contribution in [-0.4, -0.2) is 37.9 Å². The van der Waals surface area contributed by atoms with Gasteiger partial charge in [0.25, 0.3) is 0 Å². The maximum absolute atomic E-state index is 12.3. The quantitative estimate of drug-likeness (QED) is 0.502. The molecule has 0 radical (unpaired) electrons. The van der Waals surface area contributed by atoms with Gasteiger partial charge in [0.15, 0.2) is 0 Å². The van der Waals surface area contributed by atoms with E-state index >= 15 is 0 Å². The second-order valence-electron chi connectivity index (χ2n) is 3.12. The molecule has 0 aromatic rings. The molecule has 0 unspecified atom stereocenters. The Morgan fingerprint density at radius 2 is 1.16 bits per heavy atom. The fourth-order valence-electron chi connectivity index (χ4n) is 0.493. The predicted octanol–water partition coefficient (Wildman–Crippen LogP) is 2.41. The summed E-state index contributed by atoms with van der Waals surface area (Å²) < 4.78 is 103. The van der Waals surface area contributed by atoms with Gasteiger partial charge in [0.05, 0.1) is 0 Å². The van der Waals surface area contributed by atoms with Crippen molar-refractivity contribution >= 4 is 18.5 Å². The molecular weight excluding hydrogens is 335 g/mol. The fourth-order valence-corrected chi connectivity index (χ4v) is 1.54. The highest BCUT2D eigenvalue weighted by atomic mass is 32.5. The van der Waals surface area contributed by atoms with Crippen molar-refractivity contribution in [2.24, 2.45) is 0 Å². The van der Waals surface area contributed by atoms with E-state index in [-0.39, 0.29) is 0 Å². The molecule has 13 heteroatoms. The van der Waals surface area contributed by atoms with E-state index in [9.17, 15) is 40.0 Å². The normalized spacial score (nSPS) is 14.5. The molecule has 0 aliphatic rings. The monoisotopic (exact) mass is 341 g/mol. The summed E-state index contributed by atoms with van der Waals surface area (Å²) in [6.07, 6.45) is -8.35. The summed E-state index contributed by atoms with van der Waals surface area (Å²) in [5.74, 6) is -9.47. The zero-order valence-corrected chi connectivity index (χ0v) is 10.4. The van der Waals surface area contributed by atoms with Crippen LogP contribution in [-0.2, 0) is 20.9 Å². The first-order valence-corrected chi connectivity index (χ1v) is 6.78. The first-order valence-electron chi connectivity index (χ1n) is 4.22. The van der Waals surface area contributed by atoms with Crippen LogP contribution >= 0.6 is 6.72 Å². The Bertz CT molecular complexity index is 310. The van der Waals surface area contributed by atoms with E-state index in [0.29, 0.717) is 0 Å². The molecule has 0 atom stereocenters. The van der Waals surface area contributed by atoms with Crippen molar-refractivity contribution in [1.29, 1.82) is 0 Å². The van der Waals surface area contributed by atoms with Crippen LogP contribution in [0.15, 0.2) is 0 Å². The van der Waals surface area contributed by atoms with Crippen LogP contribution in [0.2, 0.25) is 0 Å². The highest BCUT2D eigenvalue weighted by Gasteiger charge is 2.43. The highest BCUT2D eigenvalue weighted by Crippen LogP contribution is 2.43. The maximum atomic E-state index is 12.3. The number of hydrogen-bond donors (Lipinski definition) is 0. The lowest BCUT2D eigenvalue weighted by Gasteiger charge is -2.30. The average molecular weight is 341 g/mol. The molecular formula is C6H6F8O3PS-. The molecule has 3 nitrogen and oxygen atoms in total. The van der Waals surface area contributed by atoms with E-state index in [4.69, 9.17) is 0 Å². The molecule has 19 heavy (non-hydrogen) atoms. The van der Waals surface area contributed by atoms with Crippen LogP contribution in [0.5, 0.6) is 0 Å². The van der Waals surface area contributed by atoms with E-state index in [2.05, 4.69) is 20.9 Å². The molecule has 0 fully saturated rings. The standard InChI is InChI=1S/C6H7F8O3PS/c7-3(8)5(11,12)1-16-18(15,19)17-2-6(13,14)4(9)10/h3-4H,1-2H2,(H,15,19)/p-1. The molecule has 0 saturated carbocycles. The van der Waals surface area contributed by atoms with Gasteiger partial charge < -0.3 is 13.9 Å². The van der Waals surface area contributed by atoms with Gasteiger partial charge in [-0.25, -0.2) is 17.6 Å². The SMILES string of the molecule is [O-]P(=S)(OCC(F)(F)C(F)F)OCC(F)(F)C(F)F. The molecule has 0 bridgehead atoms. The summed E-state index contributed by atoms with van der Waals surface area (Å²) in [5, 5.41) is 0. The second kappa shape index (κ2) is 6.61. The first kappa shape index (κ1) is 19.0. The number of alkyl halides is 8.